The van der Waals surface area contributed by atoms with Gasteiger partial charge in [-0.05, 0) is 25.2 Å². The van der Waals surface area contributed by atoms with E-state index in [-0.39, 0.29) is 23.4 Å². The van der Waals surface area contributed by atoms with E-state index >= 15 is 0 Å². The van der Waals surface area contributed by atoms with Crippen LogP contribution in [0.3, 0.4) is 0 Å². The summed E-state index contributed by atoms with van der Waals surface area (Å²) in [4.78, 5) is 18.3. The molecular weight excluding hydrogens is 250 g/mol. The van der Waals surface area contributed by atoms with Gasteiger partial charge in [0, 0.05) is 13.6 Å². The molecule has 8 heteroatoms. The van der Waals surface area contributed by atoms with Gasteiger partial charge in [0.2, 0.25) is 11.6 Å². The maximum atomic E-state index is 11.1. The Kier molecular flexibility index (Phi) is 4.10. The number of aliphatic hydroxyl groups excluding tert-OH is 1. The number of aliphatic hydroxyl groups is 1. The second-order valence-corrected chi connectivity index (χ2v) is 4.64. The summed E-state index contributed by atoms with van der Waals surface area (Å²) < 4.78 is 0. The van der Waals surface area contributed by atoms with Crippen LogP contribution >= 0.6 is 0 Å². The highest BCUT2D eigenvalue weighted by Gasteiger charge is 2.25. The van der Waals surface area contributed by atoms with E-state index in [1.807, 2.05) is 0 Å². The van der Waals surface area contributed by atoms with Crippen LogP contribution in [-0.4, -0.2) is 39.7 Å². The second-order valence-electron chi connectivity index (χ2n) is 4.64. The Morgan fingerprint density at radius 3 is 2.79 bits per heavy atom. The van der Waals surface area contributed by atoms with Crippen LogP contribution < -0.4 is 10.6 Å². The van der Waals surface area contributed by atoms with Crippen molar-refractivity contribution in [3.8, 4) is 0 Å². The van der Waals surface area contributed by atoms with E-state index in [1.165, 1.54) is 6.33 Å². The fourth-order valence-corrected chi connectivity index (χ4v) is 2.34. The van der Waals surface area contributed by atoms with Crippen LogP contribution in [0.2, 0.25) is 0 Å². The number of nitrogens with zero attached hydrogens (tertiary/aromatic N) is 3. The Balaban J connectivity index is 2.09. The zero-order valence-electron chi connectivity index (χ0n) is 10.7. The van der Waals surface area contributed by atoms with Crippen LogP contribution in [0.4, 0.5) is 17.3 Å². The molecule has 1 aliphatic carbocycles. The molecule has 1 aromatic heterocycles. The van der Waals surface area contributed by atoms with Crippen molar-refractivity contribution >= 4 is 17.3 Å². The minimum atomic E-state index is -0.502. The molecule has 1 heterocycles. The Bertz CT molecular complexity index is 468. The summed E-state index contributed by atoms with van der Waals surface area (Å²) in [7, 11) is 1.58. The molecule has 0 aliphatic heterocycles. The van der Waals surface area contributed by atoms with E-state index in [0.29, 0.717) is 12.5 Å². The lowest BCUT2D eigenvalue weighted by Crippen LogP contribution is -2.15. The van der Waals surface area contributed by atoms with Crippen molar-refractivity contribution in [1.82, 2.24) is 9.97 Å². The third-order valence-corrected chi connectivity index (χ3v) is 3.31. The average Bonchev–Trinajstić information content (AvgIpc) is 2.81. The van der Waals surface area contributed by atoms with Crippen LogP contribution in [-0.2, 0) is 0 Å². The lowest BCUT2D eigenvalue weighted by atomic mass is 10.1. The normalized spacial score (nSPS) is 22.2. The predicted molar refractivity (Wildman–Crippen MR) is 70.1 cm³/mol. The standard InChI is InChI=1S/C11H17N5O3/c1-12-10-9(16(18)19)11(15-6-14-10)13-5-7-2-3-8(17)4-7/h6-8,17H,2-5H2,1H3,(H2,12,13,14,15). The molecule has 0 amide bonds. The number of rotatable bonds is 5. The Labute approximate surface area is 110 Å². The molecule has 0 saturated heterocycles. The van der Waals surface area contributed by atoms with Gasteiger partial charge in [-0.3, -0.25) is 10.1 Å². The SMILES string of the molecule is CNc1ncnc(NCC2CCC(O)C2)c1[N+](=O)[O-]. The third kappa shape index (κ3) is 3.08. The fraction of sp³-hybridized carbons (Fsp3) is 0.636. The van der Waals surface area contributed by atoms with Gasteiger partial charge < -0.3 is 15.7 Å². The van der Waals surface area contributed by atoms with Gasteiger partial charge in [-0.1, -0.05) is 0 Å². The van der Waals surface area contributed by atoms with Crippen molar-refractivity contribution in [3.05, 3.63) is 16.4 Å². The average molecular weight is 267 g/mol. The highest BCUT2D eigenvalue weighted by atomic mass is 16.6. The molecule has 104 valence electrons. The molecule has 0 radical (unpaired) electrons. The molecule has 1 aliphatic rings. The molecule has 2 atom stereocenters. The summed E-state index contributed by atoms with van der Waals surface area (Å²) in [5.41, 5.74) is -0.149. The quantitative estimate of drug-likeness (QED) is 0.538. The smallest absolute Gasteiger partial charge is 0.353 e. The van der Waals surface area contributed by atoms with Gasteiger partial charge >= 0.3 is 5.69 Å². The summed E-state index contributed by atoms with van der Waals surface area (Å²) in [5, 5.41) is 26.2. The van der Waals surface area contributed by atoms with Crippen molar-refractivity contribution in [2.24, 2.45) is 5.92 Å². The maximum absolute atomic E-state index is 11.1. The molecule has 3 N–H and O–H groups in total. The summed E-state index contributed by atoms with van der Waals surface area (Å²) in [5.74, 6) is 0.724. The number of anilines is 2. The van der Waals surface area contributed by atoms with Gasteiger partial charge in [0.05, 0.1) is 11.0 Å². The summed E-state index contributed by atoms with van der Waals surface area (Å²) in [6, 6.07) is 0. The molecule has 1 saturated carbocycles. The van der Waals surface area contributed by atoms with Crippen molar-refractivity contribution in [2.45, 2.75) is 25.4 Å². The van der Waals surface area contributed by atoms with E-state index in [1.54, 1.807) is 7.05 Å². The summed E-state index contributed by atoms with van der Waals surface area (Å²) in [6.45, 7) is 0.568. The van der Waals surface area contributed by atoms with Gasteiger partial charge in [-0.2, -0.15) is 0 Å². The Hall–Kier alpha value is -1.96. The third-order valence-electron chi connectivity index (χ3n) is 3.31. The second kappa shape index (κ2) is 5.79. The van der Waals surface area contributed by atoms with Crippen LogP contribution in [0.25, 0.3) is 0 Å². The molecule has 1 fully saturated rings. The van der Waals surface area contributed by atoms with Gasteiger partial charge in [-0.25, -0.2) is 9.97 Å². The number of hydrogen-bond donors (Lipinski definition) is 3. The molecule has 2 unspecified atom stereocenters. The molecule has 8 nitrogen and oxygen atoms in total. The number of hydrogen-bond acceptors (Lipinski definition) is 7. The largest absolute Gasteiger partial charge is 0.393 e. The first-order valence-electron chi connectivity index (χ1n) is 6.21. The molecule has 19 heavy (non-hydrogen) atoms. The van der Waals surface area contributed by atoms with Crippen LogP contribution in [0.15, 0.2) is 6.33 Å². The lowest BCUT2D eigenvalue weighted by Gasteiger charge is -2.12. The molecular formula is C11H17N5O3. The molecule has 1 aromatic rings. The summed E-state index contributed by atoms with van der Waals surface area (Å²) >= 11 is 0. The van der Waals surface area contributed by atoms with Crippen LogP contribution in [0.1, 0.15) is 19.3 Å². The van der Waals surface area contributed by atoms with E-state index in [4.69, 9.17) is 0 Å². The highest BCUT2D eigenvalue weighted by Crippen LogP contribution is 2.30. The van der Waals surface area contributed by atoms with Gasteiger partial charge in [-0.15, -0.1) is 0 Å². The Morgan fingerprint density at radius 1 is 1.47 bits per heavy atom. The van der Waals surface area contributed by atoms with E-state index in [9.17, 15) is 15.2 Å². The van der Waals surface area contributed by atoms with Crippen molar-refractivity contribution < 1.29 is 10.0 Å². The fourth-order valence-electron chi connectivity index (χ4n) is 2.34. The zero-order chi connectivity index (χ0) is 13.8. The highest BCUT2D eigenvalue weighted by molar-refractivity contribution is 5.68. The maximum Gasteiger partial charge on any atom is 0.353 e. The van der Waals surface area contributed by atoms with Gasteiger partial charge in [0.15, 0.2) is 0 Å². The lowest BCUT2D eigenvalue weighted by molar-refractivity contribution is -0.383. The minimum Gasteiger partial charge on any atom is -0.393 e. The molecule has 0 bridgehead atoms. The van der Waals surface area contributed by atoms with Crippen molar-refractivity contribution in [3.63, 3.8) is 0 Å². The topological polar surface area (TPSA) is 113 Å². The van der Waals surface area contributed by atoms with Crippen LogP contribution in [0.5, 0.6) is 0 Å². The molecule has 0 spiro atoms. The zero-order valence-corrected chi connectivity index (χ0v) is 10.7. The number of nitrogens with one attached hydrogen (secondary N) is 2. The van der Waals surface area contributed by atoms with E-state index < -0.39 is 4.92 Å². The monoisotopic (exact) mass is 267 g/mol. The Morgan fingerprint density at radius 2 is 2.21 bits per heavy atom. The number of aromatic nitrogens is 2. The van der Waals surface area contributed by atoms with Gasteiger partial charge in [0.1, 0.15) is 6.33 Å². The first-order chi connectivity index (χ1) is 9.11. The minimum absolute atomic E-state index is 0.149. The summed E-state index contributed by atoms with van der Waals surface area (Å²) in [6.07, 6.45) is 3.47. The molecule has 0 aromatic carbocycles. The van der Waals surface area contributed by atoms with Crippen molar-refractivity contribution in [1.29, 1.82) is 0 Å². The first kappa shape index (κ1) is 13.5. The van der Waals surface area contributed by atoms with Gasteiger partial charge in [0.25, 0.3) is 0 Å². The first-order valence-corrected chi connectivity index (χ1v) is 6.21. The van der Waals surface area contributed by atoms with E-state index in [0.717, 1.165) is 19.3 Å². The van der Waals surface area contributed by atoms with Crippen molar-refractivity contribution in [2.75, 3.05) is 24.2 Å². The number of nitro groups is 1. The predicted octanol–water partition coefficient (Wildman–Crippen LogP) is 0.999. The molecule has 2 rings (SSSR count). The van der Waals surface area contributed by atoms with Crippen LogP contribution in [0, 0.1) is 16.0 Å². The van der Waals surface area contributed by atoms with E-state index in [2.05, 4.69) is 20.6 Å².